The van der Waals surface area contributed by atoms with Crippen molar-refractivity contribution < 1.29 is 9.53 Å². The summed E-state index contributed by atoms with van der Waals surface area (Å²) in [6.45, 7) is 7.15. The summed E-state index contributed by atoms with van der Waals surface area (Å²) >= 11 is 0. The minimum Gasteiger partial charge on any atom is -0.385 e. The maximum atomic E-state index is 12.5. The van der Waals surface area contributed by atoms with Crippen LogP contribution < -0.4 is 10.6 Å². The van der Waals surface area contributed by atoms with E-state index in [2.05, 4.69) is 25.4 Å². The van der Waals surface area contributed by atoms with Gasteiger partial charge in [-0.05, 0) is 19.3 Å². The Morgan fingerprint density at radius 1 is 1.12 bits per heavy atom. The first-order valence-corrected chi connectivity index (χ1v) is 9.69. The van der Waals surface area contributed by atoms with Crippen molar-refractivity contribution >= 4 is 35.8 Å². The lowest BCUT2D eigenvalue weighted by molar-refractivity contribution is -0.137. The molecule has 0 bridgehead atoms. The molecule has 7 nitrogen and oxygen atoms in total. The Morgan fingerprint density at radius 3 is 2.38 bits per heavy atom. The maximum absolute atomic E-state index is 12.5. The Balaban J connectivity index is 0.00000338. The lowest BCUT2D eigenvalue weighted by atomic mass is 10.1. The number of hydrogen-bond donors (Lipinski definition) is 2. The molecule has 0 unspecified atom stereocenters. The highest BCUT2D eigenvalue weighted by Crippen LogP contribution is 2.26. The van der Waals surface area contributed by atoms with Gasteiger partial charge in [-0.3, -0.25) is 14.7 Å². The third kappa shape index (κ3) is 7.96. The average Bonchev–Trinajstić information content (AvgIpc) is 3.18. The Morgan fingerprint density at radius 2 is 1.77 bits per heavy atom. The van der Waals surface area contributed by atoms with Gasteiger partial charge in [0.25, 0.3) is 0 Å². The third-order valence-corrected chi connectivity index (χ3v) is 5.15. The minimum atomic E-state index is 0. The normalized spacial score (nSPS) is 19.3. The quantitative estimate of drug-likeness (QED) is 0.236. The van der Waals surface area contributed by atoms with Crippen LogP contribution in [-0.4, -0.2) is 88.2 Å². The van der Waals surface area contributed by atoms with E-state index in [4.69, 9.17) is 4.74 Å². The molecule has 0 atom stereocenters. The summed E-state index contributed by atoms with van der Waals surface area (Å²) in [4.78, 5) is 21.2. The van der Waals surface area contributed by atoms with Crippen LogP contribution in [0.1, 0.15) is 32.1 Å². The summed E-state index contributed by atoms with van der Waals surface area (Å²) in [5.41, 5.74) is 0. The number of halogens is 1. The monoisotopic (exact) mass is 481 g/mol. The Labute approximate surface area is 175 Å². The molecule has 26 heavy (non-hydrogen) atoms. The van der Waals surface area contributed by atoms with E-state index in [1.807, 2.05) is 0 Å². The SMILES string of the molecule is CN=C(NCCCOC)NCCN1CCN(C(=O)C2CCCC2)CC1.I. The smallest absolute Gasteiger partial charge is 0.225 e. The molecule has 2 aliphatic rings. The molecule has 1 saturated carbocycles. The fourth-order valence-electron chi connectivity index (χ4n) is 3.60. The molecule has 0 aromatic heterocycles. The number of carbonyl (C=O) groups is 1. The number of aliphatic imine (C=N–C) groups is 1. The van der Waals surface area contributed by atoms with Crippen molar-refractivity contribution in [2.24, 2.45) is 10.9 Å². The maximum Gasteiger partial charge on any atom is 0.225 e. The van der Waals surface area contributed by atoms with Gasteiger partial charge in [0.05, 0.1) is 0 Å². The number of piperazine rings is 1. The number of carbonyl (C=O) groups excluding carboxylic acids is 1. The molecule has 0 aromatic rings. The first kappa shape index (κ1) is 23.4. The van der Waals surface area contributed by atoms with Gasteiger partial charge in [0.2, 0.25) is 5.91 Å². The number of rotatable bonds is 8. The molecule has 8 heteroatoms. The van der Waals surface area contributed by atoms with Crippen LogP contribution in [0.15, 0.2) is 4.99 Å². The number of hydrogen-bond acceptors (Lipinski definition) is 4. The number of ether oxygens (including phenoxy) is 1. The number of amides is 1. The molecule has 1 amide bonds. The molecule has 1 heterocycles. The predicted octanol–water partition coefficient (Wildman–Crippen LogP) is 1.14. The first-order valence-electron chi connectivity index (χ1n) is 9.69. The average molecular weight is 481 g/mol. The molecule has 152 valence electrons. The molecule has 0 radical (unpaired) electrons. The van der Waals surface area contributed by atoms with Crippen LogP contribution in [0.2, 0.25) is 0 Å². The topological polar surface area (TPSA) is 69.2 Å². The minimum absolute atomic E-state index is 0. The number of nitrogens with one attached hydrogen (secondary N) is 2. The molecule has 0 spiro atoms. The summed E-state index contributed by atoms with van der Waals surface area (Å²) in [7, 11) is 3.51. The van der Waals surface area contributed by atoms with Crippen molar-refractivity contribution in [1.82, 2.24) is 20.4 Å². The van der Waals surface area contributed by atoms with Crippen molar-refractivity contribution in [3.05, 3.63) is 0 Å². The molecular formula is C18H36IN5O2. The van der Waals surface area contributed by atoms with Crippen molar-refractivity contribution in [2.75, 3.05) is 66.6 Å². The van der Waals surface area contributed by atoms with Crippen LogP contribution in [0.4, 0.5) is 0 Å². The standard InChI is InChI=1S/C18H35N5O2.HI/c1-19-18(20-8-5-15-25-2)21-9-10-22-11-13-23(14-12-22)17(24)16-6-3-4-7-16;/h16H,3-15H2,1-2H3,(H2,19,20,21);1H. The zero-order valence-corrected chi connectivity index (χ0v) is 18.7. The Kier molecular flexibility index (Phi) is 12.2. The van der Waals surface area contributed by atoms with Gasteiger partial charge in [0.15, 0.2) is 5.96 Å². The first-order chi connectivity index (χ1) is 12.2. The summed E-state index contributed by atoms with van der Waals surface area (Å²) in [6.07, 6.45) is 5.61. The highest BCUT2D eigenvalue weighted by atomic mass is 127. The van der Waals surface area contributed by atoms with Crippen molar-refractivity contribution in [3.63, 3.8) is 0 Å². The van der Waals surface area contributed by atoms with Gasteiger partial charge in [-0.15, -0.1) is 24.0 Å². The zero-order chi connectivity index (χ0) is 17.9. The van der Waals surface area contributed by atoms with Crippen LogP contribution in [-0.2, 0) is 9.53 Å². The number of methoxy groups -OCH3 is 1. The van der Waals surface area contributed by atoms with Crippen LogP contribution in [0.25, 0.3) is 0 Å². The molecule has 2 N–H and O–H groups in total. The third-order valence-electron chi connectivity index (χ3n) is 5.15. The second kappa shape index (κ2) is 13.5. The fraction of sp³-hybridized carbons (Fsp3) is 0.889. The summed E-state index contributed by atoms with van der Waals surface area (Å²) in [5, 5.41) is 6.63. The van der Waals surface area contributed by atoms with Crippen LogP contribution in [0.5, 0.6) is 0 Å². The summed E-state index contributed by atoms with van der Waals surface area (Å²) in [6, 6.07) is 0. The zero-order valence-electron chi connectivity index (χ0n) is 16.3. The molecule has 2 rings (SSSR count). The number of nitrogens with zero attached hydrogens (tertiary/aromatic N) is 3. The van der Waals surface area contributed by atoms with E-state index in [9.17, 15) is 4.79 Å². The molecule has 0 aromatic carbocycles. The number of guanidine groups is 1. The Hall–Kier alpha value is -0.610. The van der Waals surface area contributed by atoms with Crippen molar-refractivity contribution in [3.8, 4) is 0 Å². The van der Waals surface area contributed by atoms with E-state index in [0.29, 0.717) is 11.8 Å². The lowest BCUT2D eigenvalue weighted by Gasteiger charge is -2.36. The van der Waals surface area contributed by atoms with Crippen molar-refractivity contribution in [2.45, 2.75) is 32.1 Å². The summed E-state index contributed by atoms with van der Waals surface area (Å²) < 4.78 is 5.04. The van der Waals surface area contributed by atoms with Gasteiger partial charge in [-0.2, -0.15) is 0 Å². The van der Waals surface area contributed by atoms with Gasteiger partial charge in [-0.25, -0.2) is 0 Å². The highest BCUT2D eigenvalue weighted by molar-refractivity contribution is 14.0. The van der Waals surface area contributed by atoms with E-state index in [0.717, 1.165) is 77.6 Å². The van der Waals surface area contributed by atoms with E-state index >= 15 is 0 Å². The van der Waals surface area contributed by atoms with Gasteiger partial charge in [0.1, 0.15) is 0 Å². The van der Waals surface area contributed by atoms with E-state index in [1.165, 1.54) is 12.8 Å². The van der Waals surface area contributed by atoms with Crippen molar-refractivity contribution in [1.29, 1.82) is 0 Å². The Bertz CT molecular complexity index is 422. The summed E-state index contributed by atoms with van der Waals surface area (Å²) in [5.74, 6) is 1.54. The molecule has 1 aliphatic heterocycles. The van der Waals surface area contributed by atoms with Crippen LogP contribution in [0.3, 0.4) is 0 Å². The fourth-order valence-corrected chi connectivity index (χ4v) is 3.60. The van der Waals surface area contributed by atoms with E-state index in [-0.39, 0.29) is 24.0 Å². The largest absolute Gasteiger partial charge is 0.385 e. The van der Waals surface area contributed by atoms with Gasteiger partial charge < -0.3 is 20.3 Å². The molecule has 2 fully saturated rings. The lowest BCUT2D eigenvalue weighted by Crippen LogP contribution is -2.51. The second-order valence-electron chi connectivity index (χ2n) is 6.92. The molecule has 1 saturated heterocycles. The van der Waals surface area contributed by atoms with E-state index < -0.39 is 0 Å². The van der Waals surface area contributed by atoms with Gasteiger partial charge in [0, 0.05) is 72.5 Å². The van der Waals surface area contributed by atoms with Gasteiger partial charge in [-0.1, -0.05) is 12.8 Å². The second-order valence-corrected chi connectivity index (χ2v) is 6.92. The van der Waals surface area contributed by atoms with Crippen LogP contribution >= 0.6 is 24.0 Å². The van der Waals surface area contributed by atoms with E-state index in [1.54, 1.807) is 14.2 Å². The molecular weight excluding hydrogens is 445 g/mol. The highest BCUT2D eigenvalue weighted by Gasteiger charge is 2.29. The predicted molar refractivity (Wildman–Crippen MR) is 116 cm³/mol. The van der Waals surface area contributed by atoms with Crippen LogP contribution in [0, 0.1) is 5.92 Å². The molecule has 1 aliphatic carbocycles. The van der Waals surface area contributed by atoms with Gasteiger partial charge >= 0.3 is 0 Å².